The van der Waals surface area contributed by atoms with Crippen LogP contribution in [0.15, 0.2) is 35.3 Å². The highest BCUT2D eigenvalue weighted by Gasteiger charge is 2.28. The van der Waals surface area contributed by atoms with Crippen molar-refractivity contribution in [2.24, 2.45) is 4.99 Å². The Labute approximate surface area is 185 Å². The monoisotopic (exact) mass is 525 g/mol. The summed E-state index contributed by atoms with van der Waals surface area (Å²) in [6.45, 7) is 4.63. The SMILES string of the molecule is CN=C(NCCCn1nc(C)cc1C)NCc1cccc(OCC(F)(F)F)c1.I. The van der Waals surface area contributed by atoms with Gasteiger partial charge in [0.25, 0.3) is 0 Å². The van der Waals surface area contributed by atoms with E-state index >= 15 is 0 Å². The molecule has 162 valence electrons. The average molecular weight is 525 g/mol. The Morgan fingerprint density at radius 1 is 1.21 bits per heavy atom. The number of hydrogen-bond donors (Lipinski definition) is 2. The van der Waals surface area contributed by atoms with Crippen LogP contribution in [0.25, 0.3) is 0 Å². The maximum Gasteiger partial charge on any atom is 0.422 e. The highest BCUT2D eigenvalue weighted by molar-refractivity contribution is 14.0. The van der Waals surface area contributed by atoms with Gasteiger partial charge in [-0.2, -0.15) is 18.3 Å². The summed E-state index contributed by atoms with van der Waals surface area (Å²) in [6, 6.07) is 8.59. The molecule has 0 radical (unpaired) electrons. The predicted octanol–water partition coefficient (Wildman–Crippen LogP) is 3.81. The van der Waals surface area contributed by atoms with Crippen molar-refractivity contribution in [1.82, 2.24) is 20.4 Å². The number of aromatic nitrogens is 2. The van der Waals surface area contributed by atoms with E-state index in [1.54, 1.807) is 19.2 Å². The van der Waals surface area contributed by atoms with Gasteiger partial charge in [-0.05, 0) is 44.0 Å². The molecule has 6 nitrogen and oxygen atoms in total. The third-order valence-corrected chi connectivity index (χ3v) is 3.93. The summed E-state index contributed by atoms with van der Waals surface area (Å²) >= 11 is 0. The number of aliphatic imine (C=N–C) groups is 1. The van der Waals surface area contributed by atoms with Crippen LogP contribution in [-0.4, -0.2) is 42.1 Å². The summed E-state index contributed by atoms with van der Waals surface area (Å²) in [7, 11) is 1.67. The van der Waals surface area contributed by atoms with Crippen LogP contribution in [0, 0.1) is 13.8 Å². The second-order valence-electron chi connectivity index (χ2n) is 6.41. The van der Waals surface area contributed by atoms with Gasteiger partial charge in [-0.1, -0.05) is 12.1 Å². The Morgan fingerprint density at radius 3 is 2.59 bits per heavy atom. The van der Waals surface area contributed by atoms with Gasteiger partial charge < -0.3 is 15.4 Å². The number of ether oxygens (including phenoxy) is 1. The van der Waals surface area contributed by atoms with E-state index in [-0.39, 0.29) is 29.7 Å². The van der Waals surface area contributed by atoms with Crippen molar-refractivity contribution in [3.63, 3.8) is 0 Å². The zero-order chi connectivity index (χ0) is 20.6. The standard InChI is InChI=1S/C19H26F3N5O.HI/c1-14-10-15(2)27(26-14)9-5-8-24-18(23-3)25-12-16-6-4-7-17(11-16)28-13-19(20,21)22;/h4,6-7,10-11H,5,8-9,12-13H2,1-3H3,(H2,23,24,25);1H. The molecular weight excluding hydrogens is 498 g/mol. The third-order valence-electron chi connectivity index (χ3n) is 3.93. The minimum atomic E-state index is -4.35. The quantitative estimate of drug-likeness (QED) is 0.238. The van der Waals surface area contributed by atoms with Crippen molar-refractivity contribution >= 4 is 29.9 Å². The molecular formula is C19H27F3IN5O. The normalized spacial score (nSPS) is 11.7. The Balaban J connectivity index is 0.00000420. The van der Waals surface area contributed by atoms with Crippen LogP contribution in [0.2, 0.25) is 0 Å². The fourth-order valence-electron chi connectivity index (χ4n) is 2.65. The molecule has 1 heterocycles. The van der Waals surface area contributed by atoms with Gasteiger partial charge in [0.1, 0.15) is 5.75 Å². The van der Waals surface area contributed by atoms with Crippen molar-refractivity contribution in [1.29, 1.82) is 0 Å². The molecule has 1 aromatic carbocycles. The number of guanidine groups is 1. The molecule has 0 aliphatic heterocycles. The van der Waals surface area contributed by atoms with Crippen LogP contribution in [0.4, 0.5) is 13.2 Å². The largest absolute Gasteiger partial charge is 0.484 e. The second kappa shape index (κ2) is 11.9. The Kier molecular flexibility index (Phi) is 10.3. The van der Waals surface area contributed by atoms with E-state index < -0.39 is 12.8 Å². The van der Waals surface area contributed by atoms with Crippen LogP contribution >= 0.6 is 24.0 Å². The zero-order valence-electron chi connectivity index (χ0n) is 16.7. The fraction of sp³-hybridized carbons (Fsp3) is 0.474. The van der Waals surface area contributed by atoms with Gasteiger partial charge >= 0.3 is 6.18 Å². The summed E-state index contributed by atoms with van der Waals surface area (Å²) in [5.74, 6) is 0.805. The molecule has 0 saturated carbocycles. The highest BCUT2D eigenvalue weighted by Crippen LogP contribution is 2.19. The number of rotatable bonds is 8. The summed E-state index contributed by atoms with van der Waals surface area (Å²) in [5, 5.41) is 10.8. The van der Waals surface area contributed by atoms with Crippen molar-refractivity contribution in [2.45, 2.75) is 39.5 Å². The van der Waals surface area contributed by atoms with Crippen LogP contribution in [0.3, 0.4) is 0 Å². The molecule has 2 N–H and O–H groups in total. The van der Waals surface area contributed by atoms with E-state index in [0.717, 1.165) is 29.9 Å². The number of alkyl halides is 3. The molecule has 2 rings (SSSR count). The molecule has 0 aliphatic carbocycles. The fourth-order valence-corrected chi connectivity index (χ4v) is 2.65. The molecule has 0 aliphatic rings. The molecule has 29 heavy (non-hydrogen) atoms. The van der Waals surface area contributed by atoms with E-state index in [1.807, 2.05) is 30.7 Å². The van der Waals surface area contributed by atoms with Crippen molar-refractivity contribution in [2.75, 3.05) is 20.2 Å². The maximum atomic E-state index is 12.3. The highest BCUT2D eigenvalue weighted by atomic mass is 127. The molecule has 0 atom stereocenters. The first-order chi connectivity index (χ1) is 13.3. The first-order valence-corrected chi connectivity index (χ1v) is 9.01. The van der Waals surface area contributed by atoms with Crippen LogP contribution in [-0.2, 0) is 13.1 Å². The lowest BCUT2D eigenvalue weighted by atomic mass is 10.2. The summed E-state index contributed by atoms with van der Waals surface area (Å²) < 4.78 is 43.5. The van der Waals surface area contributed by atoms with Gasteiger partial charge in [-0.25, -0.2) is 0 Å². The predicted molar refractivity (Wildman–Crippen MR) is 118 cm³/mol. The lowest BCUT2D eigenvalue weighted by molar-refractivity contribution is -0.153. The van der Waals surface area contributed by atoms with Gasteiger partial charge in [0, 0.05) is 32.4 Å². The Hall–Kier alpha value is -1.98. The van der Waals surface area contributed by atoms with E-state index in [4.69, 9.17) is 4.74 Å². The van der Waals surface area contributed by atoms with Crippen molar-refractivity contribution < 1.29 is 17.9 Å². The first kappa shape index (κ1) is 25.1. The first-order valence-electron chi connectivity index (χ1n) is 9.01. The molecule has 0 unspecified atom stereocenters. The lowest BCUT2D eigenvalue weighted by Crippen LogP contribution is -2.37. The number of nitrogens with zero attached hydrogens (tertiary/aromatic N) is 3. The zero-order valence-corrected chi connectivity index (χ0v) is 19.0. The Morgan fingerprint density at radius 2 is 1.97 bits per heavy atom. The minimum absolute atomic E-state index is 0. The molecule has 10 heteroatoms. The van der Waals surface area contributed by atoms with Crippen molar-refractivity contribution in [3.8, 4) is 5.75 Å². The second-order valence-corrected chi connectivity index (χ2v) is 6.41. The van der Waals surface area contributed by atoms with Crippen LogP contribution in [0.5, 0.6) is 5.75 Å². The van der Waals surface area contributed by atoms with Gasteiger partial charge in [0.15, 0.2) is 12.6 Å². The minimum Gasteiger partial charge on any atom is -0.484 e. The molecule has 0 saturated heterocycles. The van der Waals surface area contributed by atoms with E-state index in [0.29, 0.717) is 19.0 Å². The van der Waals surface area contributed by atoms with Gasteiger partial charge in [0.05, 0.1) is 5.69 Å². The van der Waals surface area contributed by atoms with E-state index in [9.17, 15) is 13.2 Å². The number of aryl methyl sites for hydroxylation is 3. The number of benzene rings is 1. The van der Waals surface area contributed by atoms with Crippen LogP contribution in [0.1, 0.15) is 23.4 Å². The van der Waals surface area contributed by atoms with E-state index in [2.05, 4.69) is 20.7 Å². The number of hydrogen-bond acceptors (Lipinski definition) is 3. The van der Waals surface area contributed by atoms with Gasteiger partial charge in [-0.3, -0.25) is 9.67 Å². The molecule has 2 aromatic rings. The third kappa shape index (κ3) is 9.37. The molecule has 0 amide bonds. The maximum absolute atomic E-state index is 12.3. The Bertz CT molecular complexity index is 792. The molecule has 1 aromatic heterocycles. The number of halogens is 4. The smallest absolute Gasteiger partial charge is 0.422 e. The summed E-state index contributed by atoms with van der Waals surface area (Å²) in [6.07, 6.45) is -3.48. The summed E-state index contributed by atoms with van der Waals surface area (Å²) in [5.41, 5.74) is 2.93. The summed E-state index contributed by atoms with van der Waals surface area (Å²) in [4.78, 5) is 4.15. The average Bonchev–Trinajstić information content (AvgIpc) is 2.96. The molecule has 0 bridgehead atoms. The van der Waals surface area contributed by atoms with E-state index in [1.165, 1.54) is 6.07 Å². The van der Waals surface area contributed by atoms with Crippen LogP contribution < -0.4 is 15.4 Å². The lowest BCUT2D eigenvalue weighted by Gasteiger charge is -2.13. The topological polar surface area (TPSA) is 63.5 Å². The van der Waals surface area contributed by atoms with Gasteiger partial charge in [-0.15, -0.1) is 24.0 Å². The molecule has 0 fully saturated rings. The number of nitrogens with one attached hydrogen (secondary N) is 2. The molecule has 0 spiro atoms. The van der Waals surface area contributed by atoms with Gasteiger partial charge in [0.2, 0.25) is 0 Å². The van der Waals surface area contributed by atoms with Crippen molar-refractivity contribution in [3.05, 3.63) is 47.3 Å².